The van der Waals surface area contributed by atoms with E-state index in [9.17, 15) is 18.5 Å². The summed E-state index contributed by atoms with van der Waals surface area (Å²) in [6, 6.07) is 4.51. The zero-order valence-corrected chi connectivity index (χ0v) is 11.3. The first-order chi connectivity index (χ1) is 8.97. The minimum Gasteiger partial charge on any atom is -0.379 e. The summed E-state index contributed by atoms with van der Waals surface area (Å²) < 4.78 is 33.2. The molecule has 1 aromatic rings. The molecule has 0 aromatic heterocycles. The van der Waals surface area contributed by atoms with Crippen molar-refractivity contribution in [1.29, 1.82) is 0 Å². The van der Waals surface area contributed by atoms with Crippen molar-refractivity contribution >= 4 is 15.8 Å². The van der Waals surface area contributed by atoms with Gasteiger partial charge in [-0.3, -0.25) is 14.3 Å². The van der Waals surface area contributed by atoms with E-state index in [1.165, 1.54) is 0 Å². The van der Waals surface area contributed by atoms with Crippen molar-refractivity contribution in [3.63, 3.8) is 0 Å². The van der Waals surface area contributed by atoms with E-state index in [-0.39, 0.29) is 23.8 Å². The molecule has 0 aliphatic rings. The molecule has 0 aliphatic heterocycles. The van der Waals surface area contributed by atoms with Gasteiger partial charge in [-0.15, -0.1) is 0 Å². The summed E-state index contributed by atoms with van der Waals surface area (Å²) in [4.78, 5) is 9.72. The Morgan fingerprint density at radius 1 is 1.16 bits per heavy atom. The number of hydrogen-bond acceptors (Lipinski definition) is 6. The van der Waals surface area contributed by atoms with Gasteiger partial charge in [0.15, 0.2) is 0 Å². The summed E-state index contributed by atoms with van der Waals surface area (Å²) in [6.45, 7) is 2.58. The van der Waals surface area contributed by atoms with Crippen LogP contribution in [0.4, 0.5) is 5.69 Å². The quantitative estimate of drug-likeness (QED) is 0.313. The van der Waals surface area contributed by atoms with Crippen LogP contribution in [0.1, 0.15) is 13.3 Å². The minimum atomic E-state index is -3.89. The summed E-state index contributed by atoms with van der Waals surface area (Å²) in [6.07, 6.45) is 0.842. The number of ether oxygens (including phenoxy) is 1. The molecule has 0 atom stereocenters. The van der Waals surface area contributed by atoms with Gasteiger partial charge >= 0.3 is 0 Å². The molecule has 0 amide bonds. The molecule has 0 saturated heterocycles. The number of nitro groups is 1. The lowest BCUT2D eigenvalue weighted by Gasteiger charge is -2.05. The fraction of sp³-hybridized carbons (Fsp3) is 0.455. The van der Waals surface area contributed by atoms with Crippen molar-refractivity contribution < 1.29 is 22.3 Å². The molecule has 0 aliphatic carbocycles. The molecule has 1 aromatic carbocycles. The van der Waals surface area contributed by atoms with Crippen LogP contribution < -0.4 is 0 Å². The molecule has 0 heterocycles. The molecule has 0 unspecified atom stereocenters. The molecule has 0 spiro atoms. The predicted octanol–water partition coefficient (Wildman–Crippen LogP) is 1.73. The van der Waals surface area contributed by atoms with Gasteiger partial charge in [0.2, 0.25) is 0 Å². The van der Waals surface area contributed by atoms with Crippen molar-refractivity contribution in [2.75, 3.05) is 19.8 Å². The predicted molar refractivity (Wildman–Crippen MR) is 67.3 cm³/mol. The molecule has 19 heavy (non-hydrogen) atoms. The highest BCUT2D eigenvalue weighted by Gasteiger charge is 2.16. The first kappa shape index (κ1) is 15.5. The van der Waals surface area contributed by atoms with Crippen LogP contribution in [-0.4, -0.2) is 33.2 Å². The van der Waals surface area contributed by atoms with Gasteiger partial charge < -0.3 is 4.74 Å². The molecule has 0 fully saturated rings. The van der Waals surface area contributed by atoms with E-state index in [2.05, 4.69) is 0 Å². The monoisotopic (exact) mass is 289 g/mol. The number of benzene rings is 1. The molecular formula is C11H15NO6S. The maximum Gasteiger partial charge on any atom is 0.297 e. The zero-order valence-electron chi connectivity index (χ0n) is 10.4. The Balaban J connectivity index is 2.59. The third-order valence-electron chi connectivity index (χ3n) is 2.15. The number of hydrogen-bond donors (Lipinski definition) is 0. The average Bonchev–Trinajstić information content (AvgIpc) is 2.38. The first-order valence-corrected chi connectivity index (χ1v) is 7.10. The van der Waals surface area contributed by atoms with Gasteiger partial charge in [-0.2, -0.15) is 8.42 Å². The van der Waals surface area contributed by atoms with E-state index in [0.717, 1.165) is 30.7 Å². The van der Waals surface area contributed by atoms with E-state index in [0.29, 0.717) is 6.61 Å². The third-order valence-corrected chi connectivity index (χ3v) is 3.48. The van der Waals surface area contributed by atoms with Crippen LogP contribution in [0.5, 0.6) is 0 Å². The Hall–Kier alpha value is -1.51. The Morgan fingerprint density at radius 3 is 2.32 bits per heavy atom. The lowest BCUT2D eigenvalue weighted by molar-refractivity contribution is -0.384. The van der Waals surface area contributed by atoms with Crippen LogP contribution in [0.3, 0.4) is 0 Å². The second-order valence-electron chi connectivity index (χ2n) is 3.64. The van der Waals surface area contributed by atoms with E-state index in [1.807, 2.05) is 6.92 Å². The Morgan fingerprint density at radius 2 is 1.79 bits per heavy atom. The van der Waals surface area contributed by atoms with Gasteiger partial charge in [-0.25, -0.2) is 0 Å². The average molecular weight is 289 g/mol. The molecule has 0 radical (unpaired) electrons. The van der Waals surface area contributed by atoms with Gasteiger partial charge in [-0.05, 0) is 18.6 Å². The van der Waals surface area contributed by atoms with E-state index in [1.54, 1.807) is 0 Å². The van der Waals surface area contributed by atoms with Crippen molar-refractivity contribution in [3.8, 4) is 0 Å². The number of rotatable bonds is 8. The molecule has 1 rings (SSSR count). The largest absolute Gasteiger partial charge is 0.379 e. The molecule has 0 N–H and O–H groups in total. The highest BCUT2D eigenvalue weighted by Crippen LogP contribution is 2.17. The maximum absolute atomic E-state index is 11.7. The van der Waals surface area contributed by atoms with Crippen LogP contribution in [0.2, 0.25) is 0 Å². The SMILES string of the molecule is CCCOCCOS(=O)(=O)c1ccc([N+](=O)[O-])cc1. The van der Waals surface area contributed by atoms with Gasteiger partial charge in [0, 0.05) is 18.7 Å². The summed E-state index contributed by atoms with van der Waals surface area (Å²) in [7, 11) is -3.89. The fourth-order valence-corrected chi connectivity index (χ4v) is 2.14. The van der Waals surface area contributed by atoms with Gasteiger partial charge in [0.1, 0.15) is 0 Å². The van der Waals surface area contributed by atoms with Crippen molar-refractivity contribution in [1.82, 2.24) is 0 Å². The van der Waals surface area contributed by atoms with Gasteiger partial charge in [0.05, 0.1) is 23.0 Å². The van der Waals surface area contributed by atoms with E-state index < -0.39 is 15.0 Å². The van der Waals surface area contributed by atoms with Gasteiger partial charge in [-0.1, -0.05) is 6.92 Å². The molecular weight excluding hydrogens is 274 g/mol. The molecule has 0 bridgehead atoms. The minimum absolute atomic E-state index is 0.0840. The summed E-state index contributed by atoms with van der Waals surface area (Å²) >= 11 is 0. The Bertz CT molecular complexity index is 510. The normalized spacial score (nSPS) is 11.4. The fourth-order valence-electron chi connectivity index (χ4n) is 1.25. The number of non-ortho nitro benzene ring substituents is 1. The Labute approximate surface area is 111 Å². The third kappa shape index (κ3) is 4.93. The van der Waals surface area contributed by atoms with Crippen LogP contribution in [-0.2, 0) is 19.0 Å². The van der Waals surface area contributed by atoms with Crippen LogP contribution in [0, 0.1) is 10.1 Å². The standard InChI is InChI=1S/C11H15NO6S/c1-2-7-17-8-9-18-19(15,16)11-5-3-10(4-6-11)12(13)14/h3-6H,2,7-9H2,1H3. The first-order valence-electron chi connectivity index (χ1n) is 5.69. The van der Waals surface area contributed by atoms with Crippen molar-refractivity contribution in [2.24, 2.45) is 0 Å². The zero-order chi connectivity index (χ0) is 14.3. The van der Waals surface area contributed by atoms with Gasteiger partial charge in [0.25, 0.3) is 15.8 Å². The smallest absolute Gasteiger partial charge is 0.297 e. The molecule has 0 saturated carbocycles. The lowest BCUT2D eigenvalue weighted by atomic mass is 10.3. The molecule has 7 nitrogen and oxygen atoms in total. The lowest BCUT2D eigenvalue weighted by Crippen LogP contribution is -2.12. The number of nitro benzene ring substituents is 1. The Kier molecular flexibility index (Phi) is 5.87. The summed E-state index contributed by atoms with van der Waals surface area (Å²) in [5.74, 6) is 0. The van der Waals surface area contributed by atoms with Crippen molar-refractivity contribution in [2.45, 2.75) is 18.2 Å². The maximum atomic E-state index is 11.7. The van der Waals surface area contributed by atoms with Crippen LogP contribution in [0.15, 0.2) is 29.2 Å². The second kappa shape index (κ2) is 7.17. The molecule has 106 valence electrons. The highest BCUT2D eigenvalue weighted by molar-refractivity contribution is 7.86. The van der Waals surface area contributed by atoms with E-state index in [4.69, 9.17) is 8.92 Å². The highest BCUT2D eigenvalue weighted by atomic mass is 32.2. The number of nitrogens with zero attached hydrogens (tertiary/aromatic N) is 1. The topological polar surface area (TPSA) is 95.7 Å². The van der Waals surface area contributed by atoms with Crippen LogP contribution >= 0.6 is 0 Å². The van der Waals surface area contributed by atoms with Crippen LogP contribution in [0.25, 0.3) is 0 Å². The summed E-state index contributed by atoms with van der Waals surface area (Å²) in [5.41, 5.74) is -0.176. The second-order valence-corrected chi connectivity index (χ2v) is 5.25. The van der Waals surface area contributed by atoms with E-state index >= 15 is 0 Å². The molecule has 8 heteroatoms. The summed E-state index contributed by atoms with van der Waals surface area (Å²) in [5, 5.41) is 10.4. The van der Waals surface area contributed by atoms with Crippen molar-refractivity contribution in [3.05, 3.63) is 34.4 Å².